The normalized spacial score (nSPS) is 15.8. The lowest BCUT2D eigenvalue weighted by atomic mass is 10.1. The molecule has 1 amide bonds. The molecule has 1 fully saturated rings. The minimum absolute atomic E-state index is 0.0441. The van der Waals surface area contributed by atoms with Crippen LogP contribution in [0.15, 0.2) is 29.3 Å². The molecule has 0 radical (unpaired) electrons. The summed E-state index contributed by atoms with van der Waals surface area (Å²) in [6.07, 6.45) is -8.19. The summed E-state index contributed by atoms with van der Waals surface area (Å²) in [7, 11) is -3.78. The van der Waals surface area contributed by atoms with Gasteiger partial charge >= 0.3 is 12.4 Å². The van der Waals surface area contributed by atoms with Crippen molar-refractivity contribution in [3.05, 3.63) is 34.8 Å². The minimum atomic E-state index is -4.77. The predicted molar refractivity (Wildman–Crippen MR) is 120 cm³/mol. The molecule has 0 N–H and O–H groups in total. The van der Waals surface area contributed by atoms with Gasteiger partial charge in [0.15, 0.2) is 20.6 Å². The minimum Gasteiger partial charge on any atom is -0.478 e. The van der Waals surface area contributed by atoms with Crippen LogP contribution in [0.5, 0.6) is 5.75 Å². The smallest absolute Gasteiger partial charge is 0.427 e. The molecule has 2 aromatic rings. The molecule has 1 saturated heterocycles. The Hall–Kier alpha value is -2.55. The van der Waals surface area contributed by atoms with Crippen molar-refractivity contribution in [2.75, 3.05) is 37.3 Å². The van der Waals surface area contributed by atoms with E-state index in [2.05, 4.69) is 4.98 Å². The van der Waals surface area contributed by atoms with Crippen molar-refractivity contribution >= 4 is 32.2 Å². The number of thiazole rings is 1. The van der Waals surface area contributed by atoms with Gasteiger partial charge in [-0.15, -0.1) is 11.3 Å². The second-order valence-electron chi connectivity index (χ2n) is 8.72. The van der Waals surface area contributed by atoms with Gasteiger partial charge in [-0.2, -0.15) is 26.3 Å². The number of ether oxygens (including phenoxy) is 1. The van der Waals surface area contributed by atoms with Gasteiger partial charge in [0.2, 0.25) is 0 Å². The Bertz CT molecular complexity index is 1220. The summed E-state index contributed by atoms with van der Waals surface area (Å²) in [6, 6.07) is 3.06. The average Bonchev–Trinajstić information content (AvgIpc) is 3.18. The molecule has 1 aromatic heterocycles. The summed E-state index contributed by atoms with van der Waals surface area (Å²) < 4.78 is 107. The highest BCUT2D eigenvalue weighted by Crippen LogP contribution is 2.36. The molecule has 0 spiro atoms. The first kappa shape index (κ1) is 28.0. The fourth-order valence-corrected chi connectivity index (χ4v) is 4.96. The van der Waals surface area contributed by atoms with E-state index < -0.39 is 45.9 Å². The highest BCUT2D eigenvalue weighted by molar-refractivity contribution is 7.90. The molecule has 1 aliphatic rings. The molecular weight excluding hydrogens is 536 g/mol. The number of sulfone groups is 1. The van der Waals surface area contributed by atoms with Crippen molar-refractivity contribution in [1.82, 2.24) is 9.88 Å². The van der Waals surface area contributed by atoms with Crippen molar-refractivity contribution in [3.63, 3.8) is 0 Å². The quantitative estimate of drug-likeness (QED) is 0.491. The second kappa shape index (κ2) is 9.72. The third-order valence-electron chi connectivity index (χ3n) is 5.41. The summed E-state index contributed by atoms with van der Waals surface area (Å²) in [5.41, 5.74) is -3.00. The molecule has 0 unspecified atom stereocenters. The lowest BCUT2D eigenvalue weighted by Gasteiger charge is -2.35. The van der Waals surface area contributed by atoms with Crippen LogP contribution >= 0.6 is 11.3 Å². The maximum atomic E-state index is 13.4. The van der Waals surface area contributed by atoms with Crippen LogP contribution in [0.3, 0.4) is 0 Å². The van der Waals surface area contributed by atoms with E-state index in [4.69, 9.17) is 4.74 Å². The number of carbonyl (C=O) groups excluding carboxylic acids is 1. The molecule has 0 bridgehead atoms. The molecule has 3 rings (SSSR count). The van der Waals surface area contributed by atoms with E-state index in [0.29, 0.717) is 5.13 Å². The van der Waals surface area contributed by atoms with Crippen LogP contribution in [-0.4, -0.2) is 74.6 Å². The Morgan fingerprint density at radius 3 is 2.22 bits per heavy atom. The molecule has 0 aliphatic carbocycles. The zero-order valence-corrected chi connectivity index (χ0v) is 21.0. The summed E-state index contributed by atoms with van der Waals surface area (Å²) in [4.78, 5) is 20.1. The van der Waals surface area contributed by atoms with Gasteiger partial charge in [-0.05, 0) is 32.0 Å². The summed E-state index contributed by atoms with van der Waals surface area (Å²) in [6.45, 7) is 2.15. The third kappa shape index (κ3) is 6.60. The van der Waals surface area contributed by atoms with E-state index in [1.807, 2.05) is 0 Å². The number of nitrogens with zero attached hydrogens (tertiary/aromatic N) is 3. The number of hydrogen-bond donors (Lipinski definition) is 0. The summed E-state index contributed by atoms with van der Waals surface area (Å²) in [5, 5.41) is 0.358. The van der Waals surface area contributed by atoms with E-state index in [9.17, 15) is 39.6 Å². The van der Waals surface area contributed by atoms with Crippen molar-refractivity contribution in [2.45, 2.75) is 43.1 Å². The molecule has 0 atom stereocenters. The van der Waals surface area contributed by atoms with E-state index in [-0.39, 0.29) is 41.5 Å². The highest BCUT2D eigenvalue weighted by atomic mass is 32.2. The number of halogens is 6. The van der Waals surface area contributed by atoms with Gasteiger partial charge in [0.05, 0.1) is 16.9 Å². The van der Waals surface area contributed by atoms with Crippen molar-refractivity contribution in [3.8, 4) is 5.75 Å². The lowest BCUT2D eigenvalue weighted by molar-refractivity contribution is -0.234. The summed E-state index contributed by atoms with van der Waals surface area (Å²) in [5.74, 6) is -1.15. The lowest BCUT2D eigenvalue weighted by Crippen LogP contribution is -2.49. The highest BCUT2D eigenvalue weighted by Gasteiger charge is 2.50. The number of amides is 1. The van der Waals surface area contributed by atoms with Crippen LogP contribution in [0.4, 0.5) is 31.5 Å². The molecule has 0 saturated carbocycles. The Labute approximate surface area is 207 Å². The maximum absolute atomic E-state index is 13.4. The molecule has 1 aromatic carbocycles. The number of hydrogen-bond acceptors (Lipinski definition) is 7. The molecule has 7 nitrogen and oxygen atoms in total. The number of benzene rings is 1. The van der Waals surface area contributed by atoms with Crippen LogP contribution in [-0.2, 0) is 16.3 Å². The van der Waals surface area contributed by atoms with Gasteiger partial charge in [0.25, 0.3) is 5.91 Å². The molecule has 15 heteroatoms. The SMILES string of the molecule is CC(C)(Oc1ccc(S(C)(=O)=O)cc1C(=O)N1CCN(c2ncc(CC(F)(F)F)s2)CC1)C(F)(F)F. The Kier molecular flexibility index (Phi) is 7.57. The van der Waals surface area contributed by atoms with Gasteiger partial charge in [-0.3, -0.25) is 4.79 Å². The van der Waals surface area contributed by atoms with Crippen molar-refractivity contribution < 1.29 is 44.3 Å². The van der Waals surface area contributed by atoms with Gasteiger partial charge < -0.3 is 14.5 Å². The Morgan fingerprint density at radius 2 is 1.69 bits per heavy atom. The van der Waals surface area contributed by atoms with Crippen LogP contribution in [0.25, 0.3) is 0 Å². The number of anilines is 1. The molecule has 36 heavy (non-hydrogen) atoms. The van der Waals surface area contributed by atoms with Crippen LogP contribution in [0.1, 0.15) is 29.1 Å². The predicted octanol–water partition coefficient (Wildman–Crippen LogP) is 4.33. The fraction of sp³-hybridized carbons (Fsp3) is 0.524. The average molecular weight is 560 g/mol. The van der Waals surface area contributed by atoms with Gasteiger partial charge in [0, 0.05) is 43.5 Å². The van der Waals surface area contributed by atoms with E-state index in [1.165, 1.54) is 4.90 Å². The van der Waals surface area contributed by atoms with Crippen LogP contribution in [0, 0.1) is 0 Å². The second-order valence-corrected chi connectivity index (χ2v) is 11.8. The van der Waals surface area contributed by atoms with Crippen molar-refractivity contribution in [1.29, 1.82) is 0 Å². The first-order chi connectivity index (χ1) is 16.4. The van der Waals surface area contributed by atoms with Crippen molar-refractivity contribution in [2.24, 2.45) is 0 Å². The monoisotopic (exact) mass is 559 g/mol. The zero-order valence-electron chi connectivity index (χ0n) is 19.4. The van der Waals surface area contributed by atoms with Gasteiger partial charge in [0.1, 0.15) is 5.75 Å². The topological polar surface area (TPSA) is 79.8 Å². The van der Waals surface area contributed by atoms with Crippen LogP contribution < -0.4 is 9.64 Å². The van der Waals surface area contributed by atoms with Crippen LogP contribution in [0.2, 0.25) is 0 Å². The molecular formula is C21H23F6N3O4S2. The first-order valence-electron chi connectivity index (χ1n) is 10.5. The standard InChI is InChI=1S/C21H23F6N3O4S2/c1-19(2,21(25,26)27)34-16-5-4-14(36(3,32)33)10-15(16)17(31)29-6-8-30(9-7-29)18-28-12-13(35-18)11-20(22,23)24/h4-5,10,12H,6-9,11H2,1-3H3. The number of rotatable bonds is 6. The number of alkyl halides is 6. The molecule has 200 valence electrons. The summed E-state index contributed by atoms with van der Waals surface area (Å²) >= 11 is 0.886. The third-order valence-corrected chi connectivity index (χ3v) is 7.58. The first-order valence-corrected chi connectivity index (χ1v) is 13.2. The Balaban J connectivity index is 1.81. The maximum Gasteiger partial charge on any atom is 0.427 e. The van der Waals surface area contributed by atoms with Gasteiger partial charge in [-0.25, -0.2) is 13.4 Å². The zero-order chi connectivity index (χ0) is 27.1. The van der Waals surface area contributed by atoms with E-state index in [0.717, 1.165) is 55.8 Å². The molecule has 1 aliphatic heterocycles. The number of aromatic nitrogens is 1. The Morgan fingerprint density at radius 1 is 1.08 bits per heavy atom. The molecule has 2 heterocycles. The van der Waals surface area contributed by atoms with E-state index in [1.54, 1.807) is 4.90 Å². The number of carbonyl (C=O) groups is 1. The van der Waals surface area contributed by atoms with Gasteiger partial charge in [-0.1, -0.05) is 0 Å². The fourth-order valence-electron chi connectivity index (χ4n) is 3.32. The van der Waals surface area contributed by atoms with E-state index >= 15 is 0 Å². The largest absolute Gasteiger partial charge is 0.478 e. The number of piperazine rings is 1.